The number of likely N-dealkylation sites (tertiary alicyclic amines) is 1. The highest BCUT2D eigenvalue weighted by molar-refractivity contribution is 7.19. The fourth-order valence-corrected chi connectivity index (χ4v) is 6.58. The Morgan fingerprint density at radius 2 is 1.87 bits per heavy atom. The summed E-state index contributed by atoms with van der Waals surface area (Å²) in [5, 5.41) is 4.38. The van der Waals surface area contributed by atoms with Gasteiger partial charge in [-0.1, -0.05) is 0 Å². The second kappa shape index (κ2) is 10.1. The zero-order chi connectivity index (χ0) is 26.4. The molecule has 0 spiro atoms. The van der Waals surface area contributed by atoms with E-state index in [0.717, 1.165) is 25.0 Å². The number of rotatable bonds is 5. The van der Waals surface area contributed by atoms with Crippen LogP contribution in [0.25, 0.3) is 21.3 Å². The van der Waals surface area contributed by atoms with Crippen molar-refractivity contribution < 1.29 is 13.5 Å². The van der Waals surface area contributed by atoms with Gasteiger partial charge in [0.1, 0.15) is 12.3 Å². The van der Waals surface area contributed by atoms with Gasteiger partial charge in [-0.25, -0.2) is 18.7 Å². The van der Waals surface area contributed by atoms with Crippen molar-refractivity contribution in [2.45, 2.75) is 38.6 Å². The van der Waals surface area contributed by atoms with Gasteiger partial charge in [0.25, 0.3) is 0 Å². The molecule has 38 heavy (non-hydrogen) atoms. The summed E-state index contributed by atoms with van der Waals surface area (Å²) in [5.74, 6) is -0.0821. The fourth-order valence-electron chi connectivity index (χ4n) is 5.37. The predicted octanol–water partition coefficient (Wildman–Crippen LogP) is 6.80. The van der Waals surface area contributed by atoms with E-state index in [-0.39, 0.29) is 23.4 Å². The first-order chi connectivity index (χ1) is 18.4. The van der Waals surface area contributed by atoms with Crippen molar-refractivity contribution in [3.05, 3.63) is 59.1 Å². The first-order valence-corrected chi connectivity index (χ1v) is 13.9. The van der Waals surface area contributed by atoms with Gasteiger partial charge in [-0.05, 0) is 94.5 Å². The number of piperidine rings is 1. The normalized spacial score (nSPS) is 16.6. The topological polar surface area (TPSA) is 53.5 Å². The highest BCUT2D eigenvalue weighted by Gasteiger charge is 2.26. The SMILES string of the molecule is CC(C)N1CCOc2c(F)cc(-c3nc(Nc4ccc5sc(C6CCN(C)CC6)cc5c4)ncc3F)cc21. The van der Waals surface area contributed by atoms with Crippen LogP contribution >= 0.6 is 11.3 Å². The minimum atomic E-state index is -0.612. The van der Waals surface area contributed by atoms with Crippen LogP contribution < -0.4 is 15.0 Å². The quantitative estimate of drug-likeness (QED) is 0.304. The van der Waals surface area contributed by atoms with E-state index >= 15 is 4.39 Å². The molecule has 2 aromatic carbocycles. The van der Waals surface area contributed by atoms with E-state index in [1.54, 1.807) is 6.07 Å². The van der Waals surface area contributed by atoms with Crippen LogP contribution in [0.15, 0.2) is 42.6 Å². The lowest BCUT2D eigenvalue weighted by Gasteiger charge is -2.34. The molecular weight excluding hydrogens is 504 g/mol. The van der Waals surface area contributed by atoms with E-state index in [4.69, 9.17) is 4.74 Å². The first-order valence-electron chi connectivity index (χ1n) is 13.1. The van der Waals surface area contributed by atoms with E-state index in [0.29, 0.717) is 30.3 Å². The van der Waals surface area contributed by atoms with E-state index in [1.807, 2.05) is 31.3 Å². The maximum atomic E-state index is 15.0. The molecule has 2 aromatic heterocycles. The number of hydrogen-bond donors (Lipinski definition) is 1. The largest absolute Gasteiger partial charge is 0.486 e. The Hall–Kier alpha value is -3.30. The molecule has 0 bridgehead atoms. The van der Waals surface area contributed by atoms with Gasteiger partial charge in [0.2, 0.25) is 5.95 Å². The fraction of sp³-hybridized carbons (Fsp3) is 0.379. The predicted molar refractivity (Wildman–Crippen MR) is 150 cm³/mol. The highest BCUT2D eigenvalue weighted by atomic mass is 32.1. The van der Waals surface area contributed by atoms with Gasteiger partial charge in [-0.2, -0.15) is 0 Å². The number of halogens is 2. The second-order valence-electron chi connectivity index (χ2n) is 10.4. The molecule has 0 atom stereocenters. The smallest absolute Gasteiger partial charge is 0.227 e. The van der Waals surface area contributed by atoms with E-state index in [2.05, 4.69) is 50.3 Å². The lowest BCUT2D eigenvalue weighted by Crippen LogP contribution is -2.38. The molecule has 2 aliphatic rings. The number of nitrogens with one attached hydrogen (secondary N) is 1. The molecule has 6 rings (SSSR count). The number of fused-ring (bicyclic) bond motifs is 2. The van der Waals surface area contributed by atoms with Crippen molar-refractivity contribution >= 4 is 38.7 Å². The number of aromatic nitrogens is 2. The number of anilines is 3. The third-order valence-corrected chi connectivity index (χ3v) is 8.74. The van der Waals surface area contributed by atoms with Gasteiger partial charge in [-0.15, -0.1) is 11.3 Å². The lowest BCUT2D eigenvalue weighted by atomic mass is 9.95. The van der Waals surface area contributed by atoms with Crippen molar-refractivity contribution in [2.75, 3.05) is 43.5 Å². The summed E-state index contributed by atoms with van der Waals surface area (Å²) in [4.78, 5) is 14.5. The van der Waals surface area contributed by atoms with Gasteiger partial charge in [0, 0.05) is 26.9 Å². The Morgan fingerprint density at radius 1 is 1.05 bits per heavy atom. The number of thiophene rings is 1. The van der Waals surface area contributed by atoms with E-state index < -0.39 is 11.6 Å². The monoisotopic (exact) mass is 535 g/mol. The van der Waals surface area contributed by atoms with Crippen molar-refractivity contribution in [1.29, 1.82) is 0 Å². The molecule has 1 fully saturated rings. The summed E-state index contributed by atoms with van der Waals surface area (Å²) < 4.78 is 36.7. The molecule has 9 heteroatoms. The number of ether oxygens (including phenoxy) is 1. The lowest BCUT2D eigenvalue weighted by molar-refractivity contribution is 0.257. The van der Waals surface area contributed by atoms with Crippen LogP contribution in [0.1, 0.15) is 37.5 Å². The summed E-state index contributed by atoms with van der Waals surface area (Å²) in [7, 11) is 2.18. The summed E-state index contributed by atoms with van der Waals surface area (Å²) in [6, 6.07) is 11.6. The molecule has 0 amide bonds. The molecule has 198 valence electrons. The van der Waals surface area contributed by atoms with Crippen LogP contribution in [0.5, 0.6) is 5.75 Å². The third-order valence-electron chi connectivity index (χ3n) is 7.47. The van der Waals surface area contributed by atoms with E-state index in [1.165, 1.54) is 33.9 Å². The van der Waals surface area contributed by atoms with Gasteiger partial charge in [-0.3, -0.25) is 0 Å². The number of benzene rings is 2. The maximum Gasteiger partial charge on any atom is 0.227 e. The van der Waals surface area contributed by atoms with Crippen LogP contribution in [0.2, 0.25) is 0 Å². The second-order valence-corrected chi connectivity index (χ2v) is 11.6. The standard InChI is InChI=1S/C29H31F2N5OS/c1-17(2)36-10-11-37-28-22(30)13-20(14-24(28)36)27-23(31)16-32-29(34-27)33-21-4-5-25-19(12-21)15-26(38-25)18-6-8-35(3)9-7-18/h4-5,12-18H,6-11H2,1-3H3,(H,32,33,34). The van der Waals surface area contributed by atoms with Crippen LogP contribution in [0, 0.1) is 11.6 Å². The van der Waals surface area contributed by atoms with Gasteiger partial charge >= 0.3 is 0 Å². The number of nitrogens with zero attached hydrogens (tertiary/aromatic N) is 4. The van der Waals surface area contributed by atoms with Crippen molar-refractivity contribution in [3.63, 3.8) is 0 Å². The number of hydrogen-bond acceptors (Lipinski definition) is 7. The van der Waals surface area contributed by atoms with Crippen LogP contribution in [0.3, 0.4) is 0 Å². The zero-order valence-corrected chi connectivity index (χ0v) is 22.6. The Labute approximate surface area is 225 Å². The Kier molecular flexibility index (Phi) is 6.65. The van der Waals surface area contributed by atoms with Crippen LogP contribution in [0.4, 0.5) is 26.1 Å². The van der Waals surface area contributed by atoms with E-state index in [9.17, 15) is 4.39 Å². The molecule has 6 nitrogen and oxygen atoms in total. The maximum absolute atomic E-state index is 15.0. The minimum absolute atomic E-state index is 0.0413. The molecule has 0 radical (unpaired) electrons. The molecule has 4 aromatic rings. The molecular formula is C29H31F2N5OS. The molecule has 0 aliphatic carbocycles. The molecule has 0 saturated carbocycles. The Morgan fingerprint density at radius 3 is 2.66 bits per heavy atom. The summed E-state index contributed by atoms with van der Waals surface area (Å²) in [6.07, 6.45) is 3.50. The van der Waals surface area contributed by atoms with Gasteiger partial charge < -0.3 is 19.9 Å². The first kappa shape index (κ1) is 25.0. The summed E-state index contributed by atoms with van der Waals surface area (Å²) in [6.45, 7) is 7.38. The summed E-state index contributed by atoms with van der Waals surface area (Å²) in [5.41, 5.74) is 1.81. The molecule has 0 unspecified atom stereocenters. The zero-order valence-electron chi connectivity index (χ0n) is 21.8. The molecule has 2 aliphatic heterocycles. The molecule has 1 saturated heterocycles. The third kappa shape index (κ3) is 4.80. The Bertz CT molecular complexity index is 1480. The average Bonchev–Trinajstić information content (AvgIpc) is 3.33. The Balaban J connectivity index is 1.28. The average molecular weight is 536 g/mol. The van der Waals surface area contributed by atoms with Gasteiger partial charge in [0.15, 0.2) is 17.4 Å². The van der Waals surface area contributed by atoms with Gasteiger partial charge in [0.05, 0.1) is 18.4 Å². The minimum Gasteiger partial charge on any atom is -0.486 e. The molecule has 1 N–H and O–H groups in total. The molecule has 4 heterocycles. The highest BCUT2D eigenvalue weighted by Crippen LogP contribution is 2.40. The van der Waals surface area contributed by atoms with Crippen LogP contribution in [-0.2, 0) is 0 Å². The van der Waals surface area contributed by atoms with Crippen molar-refractivity contribution in [2.24, 2.45) is 0 Å². The van der Waals surface area contributed by atoms with Crippen molar-refractivity contribution in [3.8, 4) is 17.0 Å². The van der Waals surface area contributed by atoms with Crippen LogP contribution in [-0.4, -0.2) is 54.2 Å². The van der Waals surface area contributed by atoms with Crippen molar-refractivity contribution in [1.82, 2.24) is 14.9 Å². The summed E-state index contributed by atoms with van der Waals surface area (Å²) >= 11 is 1.86.